The van der Waals surface area contributed by atoms with Crippen LogP contribution in [0.25, 0.3) is 11.3 Å². The second-order valence-corrected chi connectivity index (χ2v) is 5.73. The van der Waals surface area contributed by atoms with Crippen LogP contribution in [0.4, 0.5) is 4.39 Å². The van der Waals surface area contributed by atoms with E-state index in [1.54, 1.807) is 23.5 Å². The quantitative estimate of drug-likeness (QED) is 0.831. The van der Waals surface area contributed by atoms with E-state index in [1.807, 2.05) is 5.38 Å². The third-order valence-corrected chi connectivity index (χ3v) is 3.93. The predicted octanol–water partition coefficient (Wildman–Crippen LogP) is 4.21. The number of hydrogen-bond donors (Lipinski definition) is 1. The summed E-state index contributed by atoms with van der Waals surface area (Å²) in [6, 6.07) is 4.96. The molecule has 96 valence electrons. The van der Waals surface area contributed by atoms with Crippen molar-refractivity contribution in [3.05, 3.63) is 38.9 Å². The van der Waals surface area contributed by atoms with Gasteiger partial charge in [0.1, 0.15) is 10.8 Å². The maximum Gasteiger partial charge on any atom is 0.137 e. The molecule has 1 heterocycles. The highest BCUT2D eigenvalue weighted by atomic mass is 79.9. The Balaban J connectivity index is 2.11. The molecule has 0 bridgehead atoms. The van der Waals surface area contributed by atoms with Gasteiger partial charge in [0.2, 0.25) is 0 Å². The Morgan fingerprint density at radius 3 is 3.00 bits per heavy atom. The van der Waals surface area contributed by atoms with Crippen molar-refractivity contribution in [2.75, 3.05) is 6.54 Å². The van der Waals surface area contributed by atoms with Crippen molar-refractivity contribution >= 4 is 27.3 Å². The van der Waals surface area contributed by atoms with E-state index in [0.29, 0.717) is 4.47 Å². The van der Waals surface area contributed by atoms with Crippen molar-refractivity contribution in [3.63, 3.8) is 0 Å². The molecule has 0 fully saturated rings. The van der Waals surface area contributed by atoms with Gasteiger partial charge in [0.05, 0.1) is 10.2 Å². The number of nitrogens with one attached hydrogen (secondary N) is 1. The minimum Gasteiger partial charge on any atom is -0.310 e. The number of hydrogen-bond acceptors (Lipinski definition) is 3. The largest absolute Gasteiger partial charge is 0.310 e. The van der Waals surface area contributed by atoms with Gasteiger partial charge in [0.15, 0.2) is 0 Å². The predicted molar refractivity (Wildman–Crippen MR) is 77.2 cm³/mol. The highest BCUT2D eigenvalue weighted by molar-refractivity contribution is 9.10. The van der Waals surface area contributed by atoms with Gasteiger partial charge in [-0.15, -0.1) is 11.3 Å². The molecule has 0 saturated heterocycles. The fourth-order valence-corrected chi connectivity index (χ4v) is 2.70. The first-order valence-corrected chi connectivity index (χ1v) is 7.48. The third-order valence-electron chi connectivity index (χ3n) is 2.47. The zero-order valence-corrected chi connectivity index (χ0v) is 12.4. The minimum atomic E-state index is -0.251. The summed E-state index contributed by atoms with van der Waals surface area (Å²) in [5.74, 6) is -0.251. The van der Waals surface area contributed by atoms with Crippen LogP contribution >= 0.6 is 27.3 Å². The summed E-state index contributed by atoms with van der Waals surface area (Å²) in [6.45, 7) is 3.92. The molecule has 1 N–H and O–H groups in total. The van der Waals surface area contributed by atoms with Gasteiger partial charge in [-0.1, -0.05) is 6.92 Å². The molecular weight excluding hydrogens is 315 g/mol. The summed E-state index contributed by atoms with van der Waals surface area (Å²) < 4.78 is 13.6. The van der Waals surface area contributed by atoms with Crippen LogP contribution in [0.3, 0.4) is 0 Å². The van der Waals surface area contributed by atoms with Crippen LogP contribution in [-0.2, 0) is 6.54 Å². The average Bonchev–Trinajstić information content (AvgIpc) is 2.82. The molecule has 18 heavy (non-hydrogen) atoms. The van der Waals surface area contributed by atoms with Crippen molar-refractivity contribution in [3.8, 4) is 11.3 Å². The highest BCUT2D eigenvalue weighted by Crippen LogP contribution is 2.26. The van der Waals surface area contributed by atoms with Crippen molar-refractivity contribution in [2.24, 2.45) is 0 Å². The Kier molecular flexibility index (Phi) is 4.86. The summed E-state index contributed by atoms with van der Waals surface area (Å²) in [5, 5.41) is 6.37. The minimum absolute atomic E-state index is 0.251. The van der Waals surface area contributed by atoms with Crippen LogP contribution in [0.1, 0.15) is 18.4 Å². The monoisotopic (exact) mass is 328 g/mol. The van der Waals surface area contributed by atoms with Crippen molar-refractivity contribution < 1.29 is 4.39 Å². The van der Waals surface area contributed by atoms with Crippen LogP contribution in [0, 0.1) is 5.82 Å². The van der Waals surface area contributed by atoms with Gasteiger partial charge in [-0.3, -0.25) is 0 Å². The Hall–Kier alpha value is -0.780. The Bertz CT molecular complexity index is 527. The molecule has 0 aliphatic carbocycles. The number of thiazole rings is 1. The molecule has 2 nitrogen and oxygen atoms in total. The van der Waals surface area contributed by atoms with E-state index >= 15 is 0 Å². The normalized spacial score (nSPS) is 10.8. The number of aromatic nitrogens is 1. The lowest BCUT2D eigenvalue weighted by Crippen LogP contribution is -2.13. The van der Waals surface area contributed by atoms with Gasteiger partial charge < -0.3 is 5.32 Å². The van der Waals surface area contributed by atoms with Gasteiger partial charge in [0.25, 0.3) is 0 Å². The maximum atomic E-state index is 13.2. The first kappa shape index (κ1) is 13.6. The van der Waals surface area contributed by atoms with Crippen molar-refractivity contribution in [2.45, 2.75) is 19.9 Å². The lowest BCUT2D eigenvalue weighted by Gasteiger charge is -2.00. The fourth-order valence-electron chi connectivity index (χ4n) is 1.55. The standard InChI is InChI=1S/C13H14BrFN2S/c1-2-5-16-7-13-17-12(8-18-13)9-3-4-11(15)10(14)6-9/h3-4,6,8,16H,2,5,7H2,1H3. The Labute approximate surface area is 118 Å². The van der Waals surface area contributed by atoms with E-state index in [9.17, 15) is 4.39 Å². The van der Waals surface area contributed by atoms with E-state index < -0.39 is 0 Å². The molecule has 1 aromatic heterocycles. The SMILES string of the molecule is CCCNCc1nc(-c2ccc(F)c(Br)c2)cs1. The smallest absolute Gasteiger partial charge is 0.137 e. The van der Waals surface area contributed by atoms with Crippen molar-refractivity contribution in [1.82, 2.24) is 10.3 Å². The molecule has 0 atom stereocenters. The first-order valence-electron chi connectivity index (χ1n) is 5.81. The summed E-state index contributed by atoms with van der Waals surface area (Å²) in [6.07, 6.45) is 1.11. The molecular formula is C13H14BrFN2S. The van der Waals surface area contributed by atoms with Gasteiger partial charge in [-0.2, -0.15) is 0 Å². The summed E-state index contributed by atoms with van der Waals surface area (Å²) in [5.41, 5.74) is 1.83. The number of halogens is 2. The van der Waals surface area contributed by atoms with E-state index in [0.717, 1.165) is 35.8 Å². The molecule has 0 aliphatic heterocycles. The first-order chi connectivity index (χ1) is 8.70. The summed E-state index contributed by atoms with van der Waals surface area (Å²) in [7, 11) is 0. The zero-order valence-electron chi connectivity index (χ0n) is 10.0. The highest BCUT2D eigenvalue weighted by Gasteiger charge is 2.06. The van der Waals surface area contributed by atoms with E-state index in [-0.39, 0.29) is 5.82 Å². The Morgan fingerprint density at radius 1 is 1.44 bits per heavy atom. The second kappa shape index (κ2) is 6.41. The molecule has 0 unspecified atom stereocenters. The van der Waals surface area contributed by atoms with E-state index in [4.69, 9.17) is 0 Å². The third kappa shape index (κ3) is 3.37. The zero-order chi connectivity index (χ0) is 13.0. The van der Waals surface area contributed by atoms with Crippen LogP contribution in [-0.4, -0.2) is 11.5 Å². The van der Waals surface area contributed by atoms with Crippen LogP contribution in [0.5, 0.6) is 0 Å². The molecule has 0 radical (unpaired) electrons. The lowest BCUT2D eigenvalue weighted by atomic mass is 10.2. The Morgan fingerprint density at radius 2 is 2.28 bits per heavy atom. The topological polar surface area (TPSA) is 24.9 Å². The lowest BCUT2D eigenvalue weighted by molar-refractivity contribution is 0.621. The number of nitrogens with zero attached hydrogens (tertiary/aromatic N) is 1. The molecule has 1 aromatic carbocycles. The van der Waals surface area contributed by atoms with E-state index in [1.165, 1.54) is 6.07 Å². The van der Waals surface area contributed by atoms with Crippen molar-refractivity contribution in [1.29, 1.82) is 0 Å². The molecule has 0 amide bonds. The molecule has 2 rings (SSSR count). The summed E-state index contributed by atoms with van der Waals surface area (Å²) in [4.78, 5) is 4.54. The van der Waals surface area contributed by atoms with Crippen LogP contribution < -0.4 is 5.32 Å². The van der Waals surface area contributed by atoms with Gasteiger partial charge in [-0.25, -0.2) is 9.37 Å². The van der Waals surface area contributed by atoms with Gasteiger partial charge in [-0.05, 0) is 47.1 Å². The molecule has 0 spiro atoms. The molecule has 0 saturated carbocycles. The van der Waals surface area contributed by atoms with Crippen LogP contribution in [0.2, 0.25) is 0 Å². The number of rotatable bonds is 5. The fraction of sp³-hybridized carbons (Fsp3) is 0.308. The number of benzene rings is 1. The second-order valence-electron chi connectivity index (χ2n) is 3.93. The summed E-state index contributed by atoms with van der Waals surface area (Å²) >= 11 is 4.81. The molecule has 5 heteroatoms. The molecule has 0 aliphatic rings. The van der Waals surface area contributed by atoms with Crippen LogP contribution in [0.15, 0.2) is 28.1 Å². The van der Waals surface area contributed by atoms with E-state index in [2.05, 4.69) is 33.2 Å². The average molecular weight is 329 g/mol. The van der Waals surface area contributed by atoms with Gasteiger partial charge >= 0.3 is 0 Å². The van der Waals surface area contributed by atoms with Gasteiger partial charge in [0, 0.05) is 17.5 Å². The molecule has 2 aromatic rings. The maximum absolute atomic E-state index is 13.2.